The first-order valence-electron chi connectivity index (χ1n) is 7.72. The molecule has 1 amide bonds. The van der Waals surface area contributed by atoms with Gasteiger partial charge in [-0.05, 0) is 36.4 Å². The number of nitrogens with zero attached hydrogens (tertiary/aromatic N) is 2. The van der Waals surface area contributed by atoms with Gasteiger partial charge < -0.3 is 4.42 Å². The lowest BCUT2D eigenvalue weighted by molar-refractivity contribution is -0.137. The number of hydrogen-bond donors (Lipinski definition) is 0. The van der Waals surface area contributed by atoms with E-state index in [0.717, 1.165) is 24.3 Å². The number of hydrazone groups is 1. The minimum Gasteiger partial charge on any atom is -0.463 e. The van der Waals surface area contributed by atoms with Crippen LogP contribution in [0.5, 0.6) is 0 Å². The molecular formula is C17H20N2O2S. The molecule has 0 N–H and O–H groups in total. The second kappa shape index (κ2) is 6.48. The summed E-state index contributed by atoms with van der Waals surface area (Å²) >= 11 is 1.67. The fourth-order valence-corrected chi connectivity index (χ4v) is 3.64. The van der Waals surface area contributed by atoms with Crippen LogP contribution in [0, 0.1) is 5.92 Å². The third-order valence-corrected chi connectivity index (χ3v) is 5.12. The zero-order valence-electron chi connectivity index (χ0n) is 12.9. The van der Waals surface area contributed by atoms with Crippen molar-refractivity contribution in [3.05, 3.63) is 46.5 Å². The van der Waals surface area contributed by atoms with E-state index in [1.165, 1.54) is 4.88 Å². The Hall–Kier alpha value is -1.88. The monoisotopic (exact) mass is 316 g/mol. The van der Waals surface area contributed by atoms with Crippen LogP contribution in [0.4, 0.5) is 0 Å². The zero-order valence-corrected chi connectivity index (χ0v) is 13.7. The number of carbonyl (C=O) groups excluding carboxylic acids is 1. The van der Waals surface area contributed by atoms with Crippen molar-refractivity contribution in [3.8, 4) is 0 Å². The summed E-state index contributed by atoms with van der Waals surface area (Å²) < 4.78 is 5.46. The Labute approximate surface area is 134 Å². The third-order valence-electron chi connectivity index (χ3n) is 4.15. The molecule has 0 saturated carbocycles. The van der Waals surface area contributed by atoms with E-state index in [1.54, 1.807) is 22.6 Å². The van der Waals surface area contributed by atoms with E-state index in [9.17, 15) is 4.79 Å². The van der Waals surface area contributed by atoms with Crippen molar-refractivity contribution in [1.82, 2.24) is 5.01 Å². The predicted octanol–water partition coefficient (Wildman–Crippen LogP) is 4.46. The Morgan fingerprint density at radius 2 is 2.23 bits per heavy atom. The Morgan fingerprint density at radius 3 is 2.82 bits per heavy atom. The van der Waals surface area contributed by atoms with Crippen molar-refractivity contribution in [1.29, 1.82) is 0 Å². The van der Waals surface area contributed by atoms with E-state index in [4.69, 9.17) is 4.42 Å². The molecule has 0 unspecified atom stereocenters. The molecule has 0 radical (unpaired) electrons. The van der Waals surface area contributed by atoms with E-state index in [0.29, 0.717) is 6.42 Å². The fraction of sp³-hybridized carbons (Fsp3) is 0.412. The molecule has 0 bridgehead atoms. The largest absolute Gasteiger partial charge is 0.463 e. The van der Waals surface area contributed by atoms with Crippen LogP contribution in [0.15, 0.2) is 45.4 Å². The van der Waals surface area contributed by atoms with Gasteiger partial charge in [0.15, 0.2) is 0 Å². The molecule has 4 nitrogen and oxygen atoms in total. The molecule has 5 heteroatoms. The topological polar surface area (TPSA) is 45.8 Å². The van der Waals surface area contributed by atoms with Crippen LogP contribution in [0.25, 0.3) is 0 Å². The molecule has 22 heavy (non-hydrogen) atoms. The lowest BCUT2D eigenvalue weighted by Gasteiger charge is -2.24. The first-order valence-corrected chi connectivity index (χ1v) is 8.60. The fourth-order valence-electron chi connectivity index (χ4n) is 2.83. The number of rotatable bonds is 5. The molecule has 3 rings (SSSR count). The molecule has 1 atom stereocenters. The molecule has 2 aromatic heterocycles. The van der Waals surface area contributed by atoms with Crippen molar-refractivity contribution in [2.75, 3.05) is 0 Å². The maximum Gasteiger partial charge on any atom is 0.246 e. The Balaban J connectivity index is 1.92. The van der Waals surface area contributed by atoms with Gasteiger partial charge in [0.1, 0.15) is 11.5 Å². The maximum absolute atomic E-state index is 12.8. The molecule has 0 saturated heterocycles. The molecule has 0 aliphatic carbocycles. The zero-order chi connectivity index (χ0) is 15.5. The highest BCUT2D eigenvalue weighted by atomic mass is 32.1. The summed E-state index contributed by atoms with van der Waals surface area (Å²) in [5.74, 6) is 0.897. The van der Waals surface area contributed by atoms with E-state index in [2.05, 4.69) is 25.0 Å². The second-order valence-electron chi connectivity index (χ2n) is 5.46. The number of amides is 1. The highest BCUT2D eigenvalue weighted by Crippen LogP contribution is 2.36. The van der Waals surface area contributed by atoms with Crippen molar-refractivity contribution in [3.63, 3.8) is 0 Å². The van der Waals surface area contributed by atoms with Gasteiger partial charge >= 0.3 is 0 Å². The Morgan fingerprint density at radius 1 is 1.41 bits per heavy atom. The Kier molecular flexibility index (Phi) is 4.43. The molecule has 0 aromatic carbocycles. The molecule has 0 spiro atoms. The number of hydrogen-bond acceptors (Lipinski definition) is 4. The summed E-state index contributed by atoms with van der Waals surface area (Å²) in [5.41, 5.74) is 0.850. The summed E-state index contributed by atoms with van der Waals surface area (Å²) in [7, 11) is 0. The smallest absolute Gasteiger partial charge is 0.246 e. The van der Waals surface area contributed by atoms with E-state index >= 15 is 0 Å². The van der Waals surface area contributed by atoms with Crippen LogP contribution in [-0.4, -0.2) is 16.6 Å². The van der Waals surface area contributed by atoms with E-state index < -0.39 is 0 Å². The van der Waals surface area contributed by atoms with Crippen LogP contribution >= 0.6 is 11.3 Å². The van der Waals surface area contributed by atoms with Crippen molar-refractivity contribution >= 4 is 23.0 Å². The summed E-state index contributed by atoms with van der Waals surface area (Å²) in [6, 6.07) is 7.83. The molecule has 116 valence electrons. The SMILES string of the molecule is CCC(CC)C(=O)N1N=C(c2ccco2)C[C@@H]1c1cccs1. The second-order valence-corrected chi connectivity index (χ2v) is 6.43. The first-order chi connectivity index (χ1) is 10.7. The van der Waals surface area contributed by atoms with Crippen LogP contribution in [0.3, 0.4) is 0 Å². The summed E-state index contributed by atoms with van der Waals surface area (Å²) in [6.45, 7) is 4.11. The highest BCUT2D eigenvalue weighted by Gasteiger charge is 2.36. The van der Waals surface area contributed by atoms with Crippen molar-refractivity contribution < 1.29 is 9.21 Å². The molecule has 1 aliphatic heterocycles. The third kappa shape index (κ3) is 2.73. The highest BCUT2D eigenvalue weighted by molar-refractivity contribution is 7.10. The van der Waals surface area contributed by atoms with Gasteiger partial charge in [-0.1, -0.05) is 19.9 Å². The van der Waals surface area contributed by atoms with Gasteiger partial charge in [-0.3, -0.25) is 4.79 Å². The van der Waals surface area contributed by atoms with Crippen LogP contribution in [0.2, 0.25) is 0 Å². The van der Waals surface area contributed by atoms with E-state index in [1.807, 2.05) is 23.6 Å². The lowest BCUT2D eigenvalue weighted by atomic mass is 10.0. The standard InChI is InChI=1S/C17H20N2O2S/c1-3-12(4-2)17(20)19-14(16-8-6-10-22-16)11-13(18-19)15-7-5-9-21-15/h5-10,12,14H,3-4,11H2,1-2H3/t14-/m1/s1. The lowest BCUT2D eigenvalue weighted by Crippen LogP contribution is -2.32. The van der Waals surface area contributed by atoms with Crippen LogP contribution in [0.1, 0.15) is 49.8 Å². The quantitative estimate of drug-likeness (QED) is 0.818. The summed E-state index contributed by atoms with van der Waals surface area (Å²) in [5, 5.41) is 8.32. The maximum atomic E-state index is 12.8. The average molecular weight is 316 g/mol. The summed E-state index contributed by atoms with van der Waals surface area (Å²) in [4.78, 5) is 14.0. The first kappa shape index (κ1) is 15.0. The van der Waals surface area contributed by atoms with Gasteiger partial charge in [-0.25, -0.2) is 5.01 Å². The number of thiophene rings is 1. The molecular weight excluding hydrogens is 296 g/mol. The minimum atomic E-state index is -0.00630. The van der Waals surface area contributed by atoms with E-state index in [-0.39, 0.29) is 17.9 Å². The normalized spacial score (nSPS) is 18.0. The number of carbonyl (C=O) groups is 1. The Bertz CT molecular complexity index is 642. The molecule has 2 aromatic rings. The molecule has 3 heterocycles. The van der Waals surface area contributed by atoms with Gasteiger partial charge in [0.05, 0.1) is 12.3 Å². The summed E-state index contributed by atoms with van der Waals surface area (Å²) in [6.07, 6.45) is 4.03. The van der Waals surface area contributed by atoms with Crippen LogP contribution < -0.4 is 0 Å². The predicted molar refractivity (Wildman–Crippen MR) is 87.8 cm³/mol. The van der Waals surface area contributed by atoms with Gasteiger partial charge in [0.2, 0.25) is 5.91 Å². The van der Waals surface area contributed by atoms with Crippen molar-refractivity contribution in [2.45, 2.75) is 39.2 Å². The minimum absolute atomic E-state index is 0.00630. The van der Waals surface area contributed by atoms with Crippen molar-refractivity contribution in [2.24, 2.45) is 11.0 Å². The molecule has 1 aliphatic rings. The number of furan rings is 1. The average Bonchev–Trinajstić information content (AvgIpc) is 3.27. The van der Waals surface area contributed by atoms with Gasteiger partial charge in [0, 0.05) is 17.2 Å². The van der Waals surface area contributed by atoms with Gasteiger partial charge in [-0.2, -0.15) is 5.10 Å². The van der Waals surface area contributed by atoms with Crippen LogP contribution in [-0.2, 0) is 4.79 Å². The van der Waals surface area contributed by atoms with Gasteiger partial charge in [-0.15, -0.1) is 11.3 Å². The van der Waals surface area contributed by atoms with Gasteiger partial charge in [0.25, 0.3) is 0 Å². The molecule has 0 fully saturated rings.